The fourth-order valence-electron chi connectivity index (χ4n) is 6.30. The SMILES string of the molecule is COC[C@@H](NC(=O)[C@H](NC(=O)C1CCC(F)(F)CC1)C1CCCCC1)C(=O)NC1([C@@](O)(S)C(=O)NCc2nccs2)CCC1. The number of hydrogen-bond acceptors (Lipinski definition) is 9. The number of thiol groups is 1. The summed E-state index contributed by atoms with van der Waals surface area (Å²) in [6.07, 6.45) is 6.30. The lowest BCUT2D eigenvalue weighted by molar-refractivity contribution is -0.146. The summed E-state index contributed by atoms with van der Waals surface area (Å²) in [5, 5.41) is 24.6. The second-order valence-corrected chi connectivity index (χ2v) is 13.9. The predicted octanol–water partition coefficient (Wildman–Crippen LogP) is 2.44. The number of rotatable bonds is 13. The highest BCUT2D eigenvalue weighted by atomic mass is 32.1. The van der Waals surface area contributed by atoms with Gasteiger partial charge in [0.1, 0.15) is 17.1 Å². The van der Waals surface area contributed by atoms with Gasteiger partial charge in [-0.15, -0.1) is 24.0 Å². The van der Waals surface area contributed by atoms with Crippen molar-refractivity contribution in [3.05, 3.63) is 16.6 Å². The van der Waals surface area contributed by atoms with Crippen LogP contribution in [0.1, 0.15) is 82.1 Å². The zero-order chi connectivity index (χ0) is 32.0. The van der Waals surface area contributed by atoms with Gasteiger partial charge in [0, 0.05) is 37.4 Å². The fourth-order valence-corrected chi connectivity index (χ4v) is 7.21. The van der Waals surface area contributed by atoms with E-state index >= 15 is 0 Å². The van der Waals surface area contributed by atoms with Crippen molar-refractivity contribution in [1.29, 1.82) is 0 Å². The van der Waals surface area contributed by atoms with Gasteiger partial charge in [-0.25, -0.2) is 13.8 Å². The van der Waals surface area contributed by atoms with Gasteiger partial charge in [0.2, 0.25) is 28.6 Å². The number of aromatic nitrogens is 1. The van der Waals surface area contributed by atoms with E-state index in [1.54, 1.807) is 11.6 Å². The van der Waals surface area contributed by atoms with Crippen LogP contribution < -0.4 is 21.3 Å². The average Bonchev–Trinajstić information content (AvgIpc) is 3.50. The summed E-state index contributed by atoms with van der Waals surface area (Å²) in [4.78, 5) is 55.2. The molecule has 3 aliphatic rings. The maximum atomic E-state index is 13.7. The quantitative estimate of drug-likeness (QED) is 0.140. The number of nitrogens with one attached hydrogen (secondary N) is 4. The molecule has 0 saturated heterocycles. The summed E-state index contributed by atoms with van der Waals surface area (Å²) < 4.78 is 32.6. The smallest absolute Gasteiger partial charge is 0.265 e. The normalized spacial score (nSPS) is 22.8. The molecule has 3 saturated carbocycles. The summed E-state index contributed by atoms with van der Waals surface area (Å²) in [7, 11) is 1.37. The molecule has 1 heterocycles. The zero-order valence-electron chi connectivity index (χ0n) is 24.9. The van der Waals surface area contributed by atoms with E-state index < -0.39 is 58.0 Å². The number of ether oxygens (including phenoxy) is 1. The minimum atomic E-state index is -2.78. The number of thiazole rings is 1. The number of halogens is 2. The molecular formula is C29H43F2N5O6S2. The molecule has 246 valence electrons. The van der Waals surface area contributed by atoms with Gasteiger partial charge in [-0.2, -0.15) is 0 Å². The third-order valence-electron chi connectivity index (χ3n) is 9.19. The average molecular weight is 660 g/mol. The van der Waals surface area contributed by atoms with E-state index in [1.165, 1.54) is 18.4 Å². The Balaban J connectivity index is 1.43. The summed E-state index contributed by atoms with van der Waals surface area (Å²) in [5.41, 5.74) is -1.39. The van der Waals surface area contributed by atoms with Crippen molar-refractivity contribution in [3.8, 4) is 0 Å². The minimum absolute atomic E-state index is 0.0404. The van der Waals surface area contributed by atoms with Crippen LogP contribution in [0.2, 0.25) is 0 Å². The maximum Gasteiger partial charge on any atom is 0.265 e. The molecule has 0 unspecified atom stereocenters. The molecule has 4 amide bonds. The van der Waals surface area contributed by atoms with Crippen LogP contribution >= 0.6 is 24.0 Å². The van der Waals surface area contributed by atoms with Gasteiger partial charge in [-0.05, 0) is 50.9 Å². The van der Waals surface area contributed by atoms with Crippen LogP contribution in [0.3, 0.4) is 0 Å². The van der Waals surface area contributed by atoms with E-state index in [0.717, 1.165) is 19.3 Å². The van der Waals surface area contributed by atoms with Gasteiger partial charge in [-0.3, -0.25) is 19.2 Å². The third kappa shape index (κ3) is 8.26. The molecule has 1 aromatic rings. The number of amides is 4. The van der Waals surface area contributed by atoms with Crippen molar-refractivity contribution in [2.75, 3.05) is 13.7 Å². The van der Waals surface area contributed by atoms with E-state index in [1.807, 2.05) is 0 Å². The van der Waals surface area contributed by atoms with Crippen LogP contribution in [-0.4, -0.2) is 75.9 Å². The second-order valence-electron chi connectivity index (χ2n) is 12.2. The molecule has 11 nitrogen and oxygen atoms in total. The predicted molar refractivity (Wildman–Crippen MR) is 162 cm³/mol. The van der Waals surface area contributed by atoms with Crippen LogP contribution in [0.4, 0.5) is 8.78 Å². The van der Waals surface area contributed by atoms with E-state index in [4.69, 9.17) is 4.74 Å². The molecule has 0 spiro atoms. The first-order chi connectivity index (χ1) is 20.9. The maximum absolute atomic E-state index is 13.7. The van der Waals surface area contributed by atoms with Gasteiger partial charge >= 0.3 is 0 Å². The Kier molecular flexibility index (Phi) is 11.6. The molecule has 44 heavy (non-hydrogen) atoms. The van der Waals surface area contributed by atoms with Gasteiger partial charge in [0.15, 0.2) is 0 Å². The summed E-state index contributed by atoms with van der Waals surface area (Å²) in [5.74, 6) is -6.04. The van der Waals surface area contributed by atoms with Crippen LogP contribution in [0.5, 0.6) is 0 Å². The molecule has 15 heteroatoms. The first-order valence-electron chi connectivity index (χ1n) is 15.3. The number of hydrogen-bond donors (Lipinski definition) is 6. The Morgan fingerprint density at radius 1 is 1.07 bits per heavy atom. The lowest BCUT2D eigenvalue weighted by Crippen LogP contribution is -2.72. The molecule has 3 atom stereocenters. The number of nitrogens with zero attached hydrogens (tertiary/aromatic N) is 1. The van der Waals surface area contributed by atoms with Crippen molar-refractivity contribution in [1.82, 2.24) is 26.3 Å². The van der Waals surface area contributed by atoms with Crippen molar-refractivity contribution < 1.29 is 37.8 Å². The minimum Gasteiger partial charge on any atom is -0.382 e. The fraction of sp³-hybridized carbons (Fsp3) is 0.759. The summed E-state index contributed by atoms with van der Waals surface area (Å²) in [6.45, 7) is -0.124. The van der Waals surface area contributed by atoms with Crippen LogP contribution in [-0.2, 0) is 30.5 Å². The van der Waals surface area contributed by atoms with Gasteiger partial charge < -0.3 is 31.1 Å². The first kappa shape index (κ1) is 34.5. The Morgan fingerprint density at radius 3 is 2.32 bits per heavy atom. The van der Waals surface area contributed by atoms with Crippen molar-refractivity contribution in [2.24, 2.45) is 11.8 Å². The summed E-state index contributed by atoms with van der Waals surface area (Å²) >= 11 is 5.63. The lowest BCUT2D eigenvalue weighted by atomic mass is 9.71. The van der Waals surface area contributed by atoms with Crippen molar-refractivity contribution >= 4 is 47.6 Å². The molecule has 0 radical (unpaired) electrons. The Morgan fingerprint density at radius 2 is 1.75 bits per heavy atom. The Hall–Kier alpha value is -2.36. The molecular weight excluding hydrogens is 616 g/mol. The standard InChI is InChI=1S/C29H43F2N5O6S2/c1-42-17-20(24(38)36-27(10-5-11-27)29(41,43)26(40)33-16-21-32-14-15-44-21)34-25(39)22(18-6-3-2-4-7-18)35-23(37)19-8-12-28(30,31)13-9-19/h14-15,18-20,22,41,43H,2-13,16-17H2,1H3,(H,33,40)(H,34,39)(H,35,37)(H,36,38)/t20-,22-,29+/m1/s1. The molecule has 3 aliphatic carbocycles. The van der Waals surface area contributed by atoms with E-state index in [9.17, 15) is 33.1 Å². The zero-order valence-corrected chi connectivity index (χ0v) is 26.6. The third-order valence-corrected chi connectivity index (χ3v) is 10.6. The number of carbonyl (C=O) groups excluding carboxylic acids is 4. The molecule has 3 fully saturated rings. The molecule has 0 aromatic carbocycles. The highest BCUT2D eigenvalue weighted by Crippen LogP contribution is 2.43. The van der Waals surface area contributed by atoms with E-state index in [2.05, 4.69) is 38.9 Å². The van der Waals surface area contributed by atoms with Crippen LogP contribution in [0, 0.1) is 11.8 Å². The molecule has 0 aliphatic heterocycles. The van der Waals surface area contributed by atoms with Crippen molar-refractivity contribution in [2.45, 2.75) is 112 Å². The largest absolute Gasteiger partial charge is 0.382 e. The number of methoxy groups -OCH3 is 1. The monoisotopic (exact) mass is 659 g/mol. The molecule has 1 aromatic heterocycles. The van der Waals surface area contributed by atoms with Gasteiger partial charge in [-0.1, -0.05) is 19.3 Å². The first-order valence-corrected chi connectivity index (χ1v) is 16.6. The molecule has 4 rings (SSSR count). The second kappa shape index (κ2) is 14.8. The topological polar surface area (TPSA) is 159 Å². The van der Waals surface area contributed by atoms with Crippen LogP contribution in [0.15, 0.2) is 11.6 Å². The molecule has 0 bridgehead atoms. The number of alkyl halides is 2. The number of aliphatic hydroxyl groups is 1. The Labute approximate surface area is 265 Å². The lowest BCUT2D eigenvalue weighted by Gasteiger charge is -2.50. The highest BCUT2D eigenvalue weighted by molar-refractivity contribution is 7.82. The van der Waals surface area contributed by atoms with Crippen LogP contribution in [0.25, 0.3) is 0 Å². The highest BCUT2D eigenvalue weighted by Gasteiger charge is 2.58. The van der Waals surface area contributed by atoms with Gasteiger partial charge in [0.05, 0.1) is 18.7 Å². The number of carbonyl (C=O) groups is 4. The Bertz CT molecular complexity index is 1150. The van der Waals surface area contributed by atoms with Gasteiger partial charge in [0.25, 0.3) is 5.91 Å². The molecule has 5 N–H and O–H groups in total. The van der Waals surface area contributed by atoms with E-state index in [-0.39, 0.29) is 57.6 Å². The van der Waals surface area contributed by atoms with E-state index in [0.29, 0.717) is 24.3 Å². The van der Waals surface area contributed by atoms with Crippen molar-refractivity contribution in [3.63, 3.8) is 0 Å². The summed E-state index contributed by atoms with van der Waals surface area (Å²) in [6, 6.07) is -2.16.